The third kappa shape index (κ3) is 5.74. The second-order valence-corrected chi connectivity index (χ2v) is 12.0. The van der Waals surface area contributed by atoms with Crippen LogP contribution in [0.3, 0.4) is 0 Å². The summed E-state index contributed by atoms with van der Waals surface area (Å²) >= 11 is 0. The van der Waals surface area contributed by atoms with Gasteiger partial charge in [0.15, 0.2) is 11.6 Å². The Balaban J connectivity index is 0.00000242. The van der Waals surface area contributed by atoms with Crippen LogP contribution in [0.1, 0.15) is 43.0 Å². The van der Waals surface area contributed by atoms with Gasteiger partial charge in [-0.1, -0.05) is 36.4 Å². The molecule has 2 N–H and O–H groups in total. The van der Waals surface area contributed by atoms with Crippen LogP contribution >= 0.6 is 0 Å². The van der Waals surface area contributed by atoms with E-state index >= 15 is 0 Å². The minimum atomic E-state index is -4.90. The average molecular weight is 607 g/mol. The van der Waals surface area contributed by atoms with Gasteiger partial charge in [0.2, 0.25) is 0 Å². The number of fused-ring (bicyclic) bond motifs is 2. The van der Waals surface area contributed by atoms with E-state index in [9.17, 15) is 35.5 Å². The lowest BCUT2D eigenvalue weighted by atomic mass is 9.82. The molecule has 0 fully saturated rings. The van der Waals surface area contributed by atoms with Gasteiger partial charge in [-0.15, -0.1) is 0 Å². The molecule has 4 aromatic carbocycles. The number of nitrogens with one attached hydrogen (secondary N) is 2. The minimum Gasteiger partial charge on any atom is -0.744 e. The van der Waals surface area contributed by atoms with E-state index in [-0.39, 0.29) is 59.9 Å². The van der Waals surface area contributed by atoms with E-state index in [0.29, 0.717) is 11.1 Å². The zero-order chi connectivity index (χ0) is 29.0. The third-order valence-corrected chi connectivity index (χ3v) is 8.18. The first-order valence-corrected chi connectivity index (χ1v) is 14.6. The van der Waals surface area contributed by atoms with Gasteiger partial charge in [-0.05, 0) is 61.4 Å². The monoisotopic (exact) mass is 606 g/mol. The molecule has 4 aromatic rings. The highest BCUT2D eigenvalue weighted by atomic mass is 32.2. The quantitative estimate of drug-likeness (QED) is 0.191. The number of ketones is 2. The Bertz CT molecular complexity index is 1830. The molecule has 0 unspecified atom stereocenters. The van der Waals surface area contributed by atoms with Gasteiger partial charge in [0.1, 0.15) is 20.2 Å². The van der Waals surface area contributed by atoms with Crippen molar-refractivity contribution in [3.05, 3.63) is 121 Å². The maximum atomic E-state index is 13.7. The second-order valence-electron chi connectivity index (χ2n) is 9.27. The summed E-state index contributed by atoms with van der Waals surface area (Å²) in [5.41, 5.74) is 0.905. The summed E-state index contributed by atoms with van der Waals surface area (Å²) in [5.74, 6) is -1.12. The van der Waals surface area contributed by atoms with Crippen LogP contribution in [0.5, 0.6) is 0 Å². The van der Waals surface area contributed by atoms with Crippen molar-refractivity contribution in [1.82, 2.24) is 0 Å². The number of anilines is 4. The molecule has 0 amide bonds. The van der Waals surface area contributed by atoms with Crippen LogP contribution in [0.25, 0.3) is 0 Å². The number of carbonyl (C=O) groups is 2. The molecule has 0 saturated carbocycles. The number of carbonyl (C=O) groups excluding carboxylic acids is 2. The van der Waals surface area contributed by atoms with Crippen molar-refractivity contribution in [1.29, 1.82) is 0 Å². The number of hydrogen-bond acceptors (Lipinski definition) is 10. The Morgan fingerprint density at radius 3 is 1.21 bits per heavy atom. The average Bonchev–Trinajstić information content (AvgIpc) is 2.88. The molecule has 0 atom stereocenters. The lowest BCUT2D eigenvalue weighted by Crippen LogP contribution is -2.23. The van der Waals surface area contributed by atoms with E-state index in [0.717, 1.165) is 0 Å². The zero-order valence-corrected chi connectivity index (χ0v) is 24.6. The summed E-state index contributed by atoms with van der Waals surface area (Å²) in [6.45, 7) is 3.22. The third-order valence-electron chi connectivity index (χ3n) is 6.43. The molecule has 42 heavy (non-hydrogen) atoms. The van der Waals surface area contributed by atoms with E-state index in [1.807, 2.05) is 0 Å². The van der Waals surface area contributed by atoms with Crippen molar-refractivity contribution in [3.8, 4) is 0 Å². The lowest BCUT2D eigenvalue weighted by Gasteiger charge is -2.25. The minimum absolute atomic E-state index is 0. The molecule has 0 spiro atoms. The molecule has 1 aliphatic rings. The molecule has 0 bridgehead atoms. The van der Waals surface area contributed by atoms with Gasteiger partial charge in [-0.25, -0.2) is 16.8 Å². The van der Waals surface area contributed by atoms with Crippen LogP contribution in [0.15, 0.2) is 82.6 Å². The normalized spacial score (nSPS) is 12.4. The molecule has 216 valence electrons. The summed E-state index contributed by atoms with van der Waals surface area (Å²) < 4.78 is 71.7. The molecule has 0 saturated heterocycles. The highest BCUT2D eigenvalue weighted by molar-refractivity contribution is 7.86. The van der Waals surface area contributed by atoms with Crippen LogP contribution in [0, 0.1) is 28.7 Å². The molecular weight excluding hydrogens is 580 g/mol. The van der Waals surface area contributed by atoms with E-state index in [4.69, 9.17) is 0 Å². The molecule has 0 aliphatic heterocycles. The maximum absolute atomic E-state index is 13.7. The van der Waals surface area contributed by atoms with Crippen molar-refractivity contribution in [3.63, 3.8) is 0 Å². The number of rotatable bonds is 6. The van der Waals surface area contributed by atoms with E-state index in [2.05, 4.69) is 10.6 Å². The Morgan fingerprint density at radius 2 is 0.881 bits per heavy atom. The zero-order valence-electron chi connectivity index (χ0n) is 23.0. The fraction of sp³-hybridized carbons (Fsp3) is 0.0667. The van der Waals surface area contributed by atoms with Gasteiger partial charge in [-0.2, -0.15) is 0 Å². The largest absolute Gasteiger partial charge is 0.744 e. The van der Waals surface area contributed by atoms with Gasteiger partial charge >= 0.3 is 0 Å². The van der Waals surface area contributed by atoms with Crippen molar-refractivity contribution < 1.29 is 35.5 Å². The molecule has 0 heterocycles. The van der Waals surface area contributed by atoms with Crippen LogP contribution in [-0.2, 0) is 20.2 Å². The van der Waals surface area contributed by atoms with Crippen LogP contribution < -0.4 is 10.6 Å². The Kier molecular flexibility index (Phi) is 8.61. The summed E-state index contributed by atoms with van der Waals surface area (Å²) in [7, 11) is -9.81. The summed E-state index contributed by atoms with van der Waals surface area (Å²) in [6, 6.07) is 17.2. The van der Waals surface area contributed by atoms with Crippen molar-refractivity contribution in [2.45, 2.75) is 23.6 Å². The summed E-state index contributed by atoms with van der Waals surface area (Å²) in [4.78, 5) is 26.4. The van der Waals surface area contributed by atoms with Gasteiger partial charge < -0.3 is 19.7 Å². The summed E-state index contributed by atoms with van der Waals surface area (Å²) in [5, 5.41) is 5.65. The van der Waals surface area contributed by atoms with Gasteiger partial charge in [0.05, 0.1) is 43.7 Å². The SMILES string of the molecule is Cc1ccc(Nc2ccc(Nc3ccc(C)cc3S(=O)(=O)[O-])c3c2C(=O)c2ccccc2C3=O)c(S(=O)(=O)[O-])c1.[CH3+].[CH3+]. The Morgan fingerprint density at radius 1 is 0.548 bits per heavy atom. The molecular formula is C30H26N2O8S2. The van der Waals surface area contributed by atoms with E-state index < -0.39 is 41.6 Å². The highest BCUT2D eigenvalue weighted by Crippen LogP contribution is 2.40. The van der Waals surface area contributed by atoms with Gasteiger partial charge in [0.25, 0.3) is 0 Å². The van der Waals surface area contributed by atoms with Crippen LogP contribution in [0.4, 0.5) is 22.7 Å². The molecule has 12 heteroatoms. The predicted molar refractivity (Wildman–Crippen MR) is 157 cm³/mol. The first-order chi connectivity index (χ1) is 18.8. The first kappa shape index (κ1) is 31.9. The molecule has 5 rings (SSSR count). The van der Waals surface area contributed by atoms with Gasteiger partial charge in [-0.3, -0.25) is 9.59 Å². The topological polar surface area (TPSA) is 173 Å². The first-order valence-electron chi connectivity index (χ1n) is 11.8. The smallest absolute Gasteiger partial charge is 0.196 e. The number of benzene rings is 4. The summed E-state index contributed by atoms with van der Waals surface area (Å²) in [6.07, 6.45) is 0. The van der Waals surface area contributed by atoms with Gasteiger partial charge in [0, 0.05) is 26.0 Å². The standard InChI is InChI=1S/C28H22N2O8S2.2CH3/c1-15-7-9-19(23(13-15)39(33,34)35)29-21-11-12-22(30-20-10-8-16(2)14-24(20)40(36,37)38)26-25(21)27(31)17-5-3-4-6-18(17)28(26)32;;/h3-14,29-30H,1-2H3,(H,33,34,35)(H,36,37,38);2*1H3/q;2*+1/p-2. The van der Waals surface area contributed by atoms with E-state index in [1.54, 1.807) is 38.1 Å². The van der Waals surface area contributed by atoms with Crippen molar-refractivity contribution in [2.24, 2.45) is 0 Å². The second kappa shape index (κ2) is 11.3. The van der Waals surface area contributed by atoms with Crippen LogP contribution in [0.2, 0.25) is 0 Å². The van der Waals surface area contributed by atoms with Crippen molar-refractivity contribution >= 4 is 54.6 Å². The molecule has 10 nitrogen and oxygen atoms in total. The number of hydrogen-bond donors (Lipinski definition) is 2. The Hall–Kier alpha value is -4.62. The number of aryl methyl sites for hydroxylation is 2. The van der Waals surface area contributed by atoms with E-state index in [1.165, 1.54) is 48.5 Å². The molecule has 0 aromatic heterocycles. The lowest BCUT2D eigenvalue weighted by molar-refractivity contribution is 0.0980. The fourth-order valence-electron chi connectivity index (χ4n) is 4.60. The van der Waals surface area contributed by atoms with Crippen molar-refractivity contribution in [2.75, 3.05) is 10.6 Å². The molecule has 0 radical (unpaired) electrons. The molecule has 1 aliphatic carbocycles. The van der Waals surface area contributed by atoms with Crippen LogP contribution in [-0.4, -0.2) is 37.5 Å². The Labute approximate surface area is 244 Å². The predicted octanol–water partition coefficient (Wildman–Crippen LogP) is 5.27. The maximum Gasteiger partial charge on any atom is 0.196 e. The fourth-order valence-corrected chi connectivity index (χ4v) is 6.04. The highest BCUT2D eigenvalue weighted by Gasteiger charge is 2.34.